The SMILES string of the molecule is CSc1ccc(C(O)N2CCc3cnc(N4CCN(C5CCC5)CC4)nc3CC2)s1. The minimum Gasteiger partial charge on any atom is -0.373 e. The molecule has 0 bridgehead atoms. The van der Waals surface area contributed by atoms with E-state index in [0.29, 0.717) is 0 Å². The monoisotopic (exact) mass is 445 g/mol. The lowest BCUT2D eigenvalue weighted by atomic mass is 9.91. The van der Waals surface area contributed by atoms with Crippen LogP contribution in [0.3, 0.4) is 0 Å². The third kappa shape index (κ3) is 4.25. The summed E-state index contributed by atoms with van der Waals surface area (Å²) >= 11 is 3.42. The number of anilines is 1. The summed E-state index contributed by atoms with van der Waals surface area (Å²) in [6.45, 7) is 5.97. The van der Waals surface area contributed by atoms with Crippen LogP contribution in [-0.4, -0.2) is 76.4 Å². The Kier molecular flexibility index (Phi) is 6.29. The fourth-order valence-corrected chi connectivity index (χ4v) is 6.27. The third-order valence-electron chi connectivity index (χ3n) is 6.84. The molecule has 3 aliphatic rings. The third-order valence-corrected chi connectivity index (χ3v) is 9.05. The molecular weight excluding hydrogens is 414 g/mol. The van der Waals surface area contributed by atoms with Crippen molar-refractivity contribution in [2.75, 3.05) is 50.4 Å². The summed E-state index contributed by atoms with van der Waals surface area (Å²) < 4.78 is 1.25. The number of fused-ring (bicyclic) bond motifs is 1. The first-order valence-corrected chi connectivity index (χ1v) is 13.1. The number of aliphatic hydroxyl groups excluding tert-OH is 1. The largest absolute Gasteiger partial charge is 0.373 e. The van der Waals surface area contributed by atoms with Crippen LogP contribution in [0.1, 0.15) is 41.6 Å². The van der Waals surface area contributed by atoms with E-state index in [4.69, 9.17) is 9.97 Å². The summed E-state index contributed by atoms with van der Waals surface area (Å²) in [5.74, 6) is 0.888. The summed E-state index contributed by atoms with van der Waals surface area (Å²) in [5, 5.41) is 10.9. The van der Waals surface area contributed by atoms with Gasteiger partial charge < -0.3 is 10.0 Å². The zero-order valence-corrected chi connectivity index (χ0v) is 19.3. The fraction of sp³-hybridized carbons (Fsp3) is 0.636. The summed E-state index contributed by atoms with van der Waals surface area (Å²) in [4.78, 5) is 17.9. The van der Waals surface area contributed by atoms with Crippen molar-refractivity contribution in [3.63, 3.8) is 0 Å². The highest BCUT2D eigenvalue weighted by atomic mass is 32.2. The normalized spacial score (nSPS) is 22.4. The predicted octanol–water partition coefficient (Wildman–Crippen LogP) is 3.03. The lowest BCUT2D eigenvalue weighted by molar-refractivity contribution is 0.00738. The molecule has 2 aromatic rings. The maximum absolute atomic E-state index is 10.9. The highest BCUT2D eigenvalue weighted by molar-refractivity contribution is 8.00. The molecule has 2 fully saturated rings. The number of rotatable bonds is 5. The van der Waals surface area contributed by atoms with Crippen molar-refractivity contribution < 1.29 is 5.11 Å². The van der Waals surface area contributed by atoms with Crippen LogP contribution < -0.4 is 4.90 Å². The second kappa shape index (κ2) is 9.12. The number of piperazine rings is 1. The van der Waals surface area contributed by atoms with E-state index >= 15 is 0 Å². The van der Waals surface area contributed by atoms with Crippen LogP contribution in [0.4, 0.5) is 5.95 Å². The Hall–Kier alpha value is -1.19. The molecule has 0 amide bonds. The van der Waals surface area contributed by atoms with E-state index < -0.39 is 6.23 Å². The lowest BCUT2D eigenvalue weighted by Crippen LogP contribution is -2.52. The fourth-order valence-electron chi connectivity index (χ4n) is 4.68. The van der Waals surface area contributed by atoms with Crippen LogP contribution in [-0.2, 0) is 12.8 Å². The van der Waals surface area contributed by atoms with Crippen LogP contribution in [0.15, 0.2) is 22.5 Å². The second-order valence-electron chi connectivity index (χ2n) is 8.52. The molecule has 2 aliphatic heterocycles. The predicted molar refractivity (Wildman–Crippen MR) is 123 cm³/mol. The van der Waals surface area contributed by atoms with Gasteiger partial charge in [0.15, 0.2) is 0 Å². The first-order valence-electron chi connectivity index (χ1n) is 11.1. The Labute approximate surface area is 187 Å². The number of thiophene rings is 1. The molecule has 8 heteroatoms. The van der Waals surface area contributed by atoms with Crippen molar-refractivity contribution in [3.05, 3.63) is 34.5 Å². The molecule has 1 saturated heterocycles. The van der Waals surface area contributed by atoms with Crippen LogP contribution >= 0.6 is 23.1 Å². The molecule has 0 radical (unpaired) electrons. The van der Waals surface area contributed by atoms with E-state index in [-0.39, 0.29) is 0 Å². The quantitative estimate of drug-likeness (QED) is 0.710. The number of aliphatic hydroxyl groups is 1. The van der Waals surface area contributed by atoms with Gasteiger partial charge in [0.1, 0.15) is 6.23 Å². The Morgan fingerprint density at radius 1 is 1.10 bits per heavy atom. The number of hydrogen-bond donors (Lipinski definition) is 1. The molecule has 4 heterocycles. The van der Waals surface area contributed by atoms with Crippen LogP contribution in [0.25, 0.3) is 0 Å². The van der Waals surface area contributed by atoms with Crippen molar-refractivity contribution in [2.24, 2.45) is 0 Å². The first kappa shape index (κ1) is 20.7. The van der Waals surface area contributed by atoms with Crippen molar-refractivity contribution in [3.8, 4) is 0 Å². The molecule has 5 rings (SSSR count). The topological polar surface area (TPSA) is 55.7 Å². The van der Waals surface area contributed by atoms with Gasteiger partial charge in [-0.25, -0.2) is 9.97 Å². The van der Waals surface area contributed by atoms with Gasteiger partial charge >= 0.3 is 0 Å². The lowest BCUT2D eigenvalue weighted by Gasteiger charge is -2.43. The van der Waals surface area contributed by atoms with Gasteiger partial charge in [-0.05, 0) is 43.2 Å². The molecule has 1 aliphatic carbocycles. The van der Waals surface area contributed by atoms with E-state index in [9.17, 15) is 5.11 Å². The number of nitrogens with zero attached hydrogens (tertiary/aromatic N) is 5. The van der Waals surface area contributed by atoms with E-state index in [1.165, 1.54) is 29.0 Å². The highest BCUT2D eigenvalue weighted by Crippen LogP contribution is 2.32. The molecule has 162 valence electrons. The summed E-state index contributed by atoms with van der Waals surface area (Å²) in [5.41, 5.74) is 2.39. The van der Waals surface area contributed by atoms with E-state index in [1.54, 1.807) is 23.1 Å². The average Bonchev–Trinajstić information content (AvgIpc) is 3.12. The maximum atomic E-state index is 10.9. The molecule has 1 unspecified atom stereocenters. The van der Waals surface area contributed by atoms with Crippen molar-refractivity contribution in [1.29, 1.82) is 0 Å². The number of aromatic nitrogens is 2. The van der Waals surface area contributed by atoms with Crippen LogP contribution in [0.5, 0.6) is 0 Å². The molecule has 0 aromatic carbocycles. The number of thioether (sulfide) groups is 1. The van der Waals surface area contributed by atoms with Gasteiger partial charge in [0.05, 0.1) is 9.90 Å². The van der Waals surface area contributed by atoms with E-state index in [1.807, 2.05) is 6.20 Å². The Balaban J connectivity index is 1.22. The Morgan fingerprint density at radius 3 is 2.60 bits per heavy atom. The van der Waals surface area contributed by atoms with Gasteiger partial charge in [-0.1, -0.05) is 6.42 Å². The summed E-state index contributed by atoms with van der Waals surface area (Å²) in [7, 11) is 0. The molecule has 1 atom stereocenters. The van der Waals surface area contributed by atoms with E-state index in [2.05, 4.69) is 33.1 Å². The van der Waals surface area contributed by atoms with Crippen molar-refractivity contribution in [1.82, 2.24) is 19.8 Å². The zero-order valence-electron chi connectivity index (χ0n) is 17.7. The van der Waals surface area contributed by atoms with Gasteiger partial charge in [0, 0.05) is 62.8 Å². The second-order valence-corrected chi connectivity index (χ2v) is 10.7. The molecule has 2 aromatic heterocycles. The summed E-state index contributed by atoms with van der Waals surface area (Å²) in [6, 6.07) is 4.98. The van der Waals surface area contributed by atoms with Crippen molar-refractivity contribution >= 4 is 29.0 Å². The molecule has 1 N–H and O–H groups in total. The maximum Gasteiger partial charge on any atom is 0.225 e. The van der Waals surface area contributed by atoms with Gasteiger partial charge in [-0.15, -0.1) is 23.1 Å². The highest BCUT2D eigenvalue weighted by Gasteiger charge is 2.29. The smallest absolute Gasteiger partial charge is 0.225 e. The van der Waals surface area contributed by atoms with Gasteiger partial charge in [0.2, 0.25) is 5.95 Å². The molecule has 1 saturated carbocycles. The zero-order chi connectivity index (χ0) is 20.5. The minimum atomic E-state index is -0.530. The molecule has 6 nitrogen and oxygen atoms in total. The minimum absolute atomic E-state index is 0.530. The van der Waals surface area contributed by atoms with Crippen LogP contribution in [0, 0.1) is 0 Å². The first-order chi connectivity index (χ1) is 14.7. The Morgan fingerprint density at radius 2 is 1.90 bits per heavy atom. The van der Waals surface area contributed by atoms with Crippen LogP contribution in [0.2, 0.25) is 0 Å². The summed E-state index contributed by atoms with van der Waals surface area (Å²) in [6.07, 6.45) is 9.49. The molecule has 0 spiro atoms. The average molecular weight is 446 g/mol. The van der Waals surface area contributed by atoms with Gasteiger partial charge in [0.25, 0.3) is 0 Å². The van der Waals surface area contributed by atoms with Gasteiger partial charge in [-0.2, -0.15) is 0 Å². The standard InChI is InChI=1S/C22H31N5OS2/c1-29-20-6-5-19(30-20)21(28)26-9-7-16-15-23-22(24-18(16)8-10-26)27-13-11-25(12-14-27)17-3-2-4-17/h5-6,15,17,21,28H,2-4,7-14H2,1H3. The van der Waals surface area contributed by atoms with E-state index in [0.717, 1.165) is 74.7 Å². The molecular formula is C22H31N5OS2. The number of hydrogen-bond acceptors (Lipinski definition) is 8. The van der Waals surface area contributed by atoms with Crippen molar-refractivity contribution in [2.45, 2.75) is 48.6 Å². The molecule has 30 heavy (non-hydrogen) atoms. The Bertz CT molecular complexity index is 863. The van der Waals surface area contributed by atoms with Gasteiger partial charge in [-0.3, -0.25) is 9.80 Å².